The Morgan fingerprint density at radius 1 is 1.50 bits per heavy atom. The number of carbonyl (C=O) groups excluding carboxylic acids is 2. The number of benzene rings is 1. The molecule has 0 spiro atoms. The summed E-state index contributed by atoms with van der Waals surface area (Å²) in [6.45, 7) is 2.91. The highest BCUT2D eigenvalue weighted by atomic mass is 35.5. The molecule has 8 heteroatoms. The van der Waals surface area contributed by atoms with Crippen molar-refractivity contribution in [1.82, 2.24) is 10.3 Å². The zero-order valence-electron chi connectivity index (χ0n) is 11.7. The van der Waals surface area contributed by atoms with Crippen LogP contribution in [-0.2, 0) is 0 Å². The van der Waals surface area contributed by atoms with Crippen molar-refractivity contribution in [1.29, 1.82) is 0 Å². The predicted octanol–water partition coefficient (Wildman–Crippen LogP) is 2.89. The number of hydrogen-bond donors (Lipinski definition) is 2. The number of urea groups is 1. The van der Waals surface area contributed by atoms with Crippen LogP contribution in [-0.4, -0.2) is 30.0 Å². The number of thiazole rings is 1. The van der Waals surface area contributed by atoms with Gasteiger partial charge in [0.2, 0.25) is 0 Å². The number of halogens is 1. The third-order valence-corrected chi connectivity index (χ3v) is 4.49. The van der Waals surface area contributed by atoms with Gasteiger partial charge in [-0.2, -0.15) is 0 Å². The molecule has 3 amide bonds. The van der Waals surface area contributed by atoms with Gasteiger partial charge in [-0.25, -0.2) is 9.78 Å². The van der Waals surface area contributed by atoms with Crippen LogP contribution in [0.15, 0.2) is 23.7 Å². The highest BCUT2D eigenvalue weighted by Crippen LogP contribution is 2.29. The fourth-order valence-electron chi connectivity index (χ4n) is 2.16. The molecular weight excluding hydrogens is 324 g/mol. The third kappa shape index (κ3) is 2.77. The van der Waals surface area contributed by atoms with E-state index in [9.17, 15) is 9.59 Å². The average molecular weight is 337 g/mol. The standard InChI is InChI=1S/C14H13ClN4O2S/c1-8-13(22-7-17-8)18-12(20)9-2-3-10(15)11(6-9)19-5-4-16-14(19)21/h2-3,6-7H,4-5H2,1H3,(H,16,21)(H,18,20). The predicted molar refractivity (Wildman–Crippen MR) is 87.0 cm³/mol. The smallest absolute Gasteiger partial charge is 0.322 e. The molecular formula is C14H13ClN4O2S. The van der Waals surface area contributed by atoms with E-state index in [1.807, 2.05) is 6.92 Å². The molecule has 2 aromatic rings. The minimum atomic E-state index is -0.259. The Morgan fingerprint density at radius 2 is 2.32 bits per heavy atom. The number of nitrogens with zero attached hydrogens (tertiary/aromatic N) is 2. The molecule has 22 heavy (non-hydrogen) atoms. The molecule has 1 aromatic carbocycles. The fourth-order valence-corrected chi connectivity index (χ4v) is 3.07. The summed E-state index contributed by atoms with van der Waals surface area (Å²) < 4.78 is 0. The molecule has 1 fully saturated rings. The molecule has 1 saturated heterocycles. The number of anilines is 2. The Hall–Kier alpha value is -2.12. The molecule has 3 rings (SSSR count). The number of aryl methyl sites for hydroxylation is 1. The highest BCUT2D eigenvalue weighted by molar-refractivity contribution is 7.14. The molecule has 0 aliphatic carbocycles. The minimum absolute atomic E-state index is 0.210. The van der Waals surface area contributed by atoms with Gasteiger partial charge in [-0.15, -0.1) is 11.3 Å². The fraction of sp³-hybridized carbons (Fsp3) is 0.214. The monoisotopic (exact) mass is 336 g/mol. The molecule has 0 bridgehead atoms. The van der Waals surface area contributed by atoms with E-state index in [0.29, 0.717) is 34.4 Å². The van der Waals surface area contributed by atoms with Crippen molar-refractivity contribution in [2.45, 2.75) is 6.92 Å². The van der Waals surface area contributed by atoms with Crippen LogP contribution in [0.2, 0.25) is 5.02 Å². The summed E-state index contributed by atoms with van der Waals surface area (Å²) in [5.74, 6) is -0.259. The van der Waals surface area contributed by atoms with Crippen molar-refractivity contribution < 1.29 is 9.59 Å². The zero-order valence-corrected chi connectivity index (χ0v) is 13.3. The second-order valence-corrected chi connectivity index (χ2v) is 6.03. The number of rotatable bonds is 3. The molecule has 2 heterocycles. The van der Waals surface area contributed by atoms with E-state index >= 15 is 0 Å². The van der Waals surface area contributed by atoms with Crippen LogP contribution in [0, 0.1) is 6.92 Å². The summed E-state index contributed by atoms with van der Waals surface area (Å²) in [6.07, 6.45) is 0. The highest BCUT2D eigenvalue weighted by Gasteiger charge is 2.24. The van der Waals surface area contributed by atoms with E-state index < -0.39 is 0 Å². The Balaban J connectivity index is 1.87. The van der Waals surface area contributed by atoms with Crippen LogP contribution in [0.5, 0.6) is 0 Å². The molecule has 0 atom stereocenters. The Morgan fingerprint density at radius 3 is 2.95 bits per heavy atom. The minimum Gasteiger partial charge on any atom is -0.336 e. The Bertz CT molecular complexity index is 746. The van der Waals surface area contributed by atoms with E-state index in [1.165, 1.54) is 16.2 Å². The van der Waals surface area contributed by atoms with Gasteiger partial charge in [0.25, 0.3) is 5.91 Å². The number of carbonyl (C=O) groups is 2. The van der Waals surface area contributed by atoms with Crippen LogP contribution in [0.1, 0.15) is 16.1 Å². The first-order chi connectivity index (χ1) is 10.6. The second kappa shape index (κ2) is 5.94. The lowest BCUT2D eigenvalue weighted by molar-refractivity contribution is 0.102. The molecule has 0 saturated carbocycles. The Labute approximate surface area is 136 Å². The first-order valence-corrected chi connectivity index (χ1v) is 7.88. The van der Waals surface area contributed by atoms with E-state index in [2.05, 4.69) is 15.6 Å². The molecule has 0 unspecified atom stereocenters. The second-order valence-electron chi connectivity index (χ2n) is 4.77. The van der Waals surface area contributed by atoms with Gasteiger partial charge < -0.3 is 10.6 Å². The largest absolute Gasteiger partial charge is 0.336 e. The zero-order chi connectivity index (χ0) is 15.7. The summed E-state index contributed by atoms with van der Waals surface area (Å²) in [5.41, 5.74) is 3.41. The molecule has 1 aliphatic rings. The van der Waals surface area contributed by atoms with Gasteiger partial charge in [0.05, 0.1) is 21.9 Å². The topological polar surface area (TPSA) is 74.3 Å². The molecule has 1 aromatic heterocycles. The van der Waals surface area contributed by atoms with Gasteiger partial charge in [0.15, 0.2) is 0 Å². The maximum Gasteiger partial charge on any atom is 0.322 e. The number of amides is 3. The van der Waals surface area contributed by atoms with Gasteiger partial charge in [-0.05, 0) is 25.1 Å². The van der Waals surface area contributed by atoms with Gasteiger partial charge in [-0.1, -0.05) is 11.6 Å². The van der Waals surface area contributed by atoms with Gasteiger partial charge in [-0.3, -0.25) is 9.69 Å². The lowest BCUT2D eigenvalue weighted by Gasteiger charge is -2.17. The average Bonchev–Trinajstić information content (AvgIpc) is 3.09. The Kier molecular flexibility index (Phi) is 4.00. The van der Waals surface area contributed by atoms with Crippen molar-refractivity contribution in [3.63, 3.8) is 0 Å². The molecule has 1 aliphatic heterocycles. The van der Waals surface area contributed by atoms with E-state index in [1.54, 1.807) is 23.7 Å². The van der Waals surface area contributed by atoms with Crippen molar-refractivity contribution in [3.8, 4) is 0 Å². The van der Waals surface area contributed by atoms with Crippen molar-refractivity contribution in [2.75, 3.05) is 23.3 Å². The quantitative estimate of drug-likeness (QED) is 0.905. The number of nitrogens with one attached hydrogen (secondary N) is 2. The number of aromatic nitrogens is 1. The summed E-state index contributed by atoms with van der Waals surface area (Å²) >= 11 is 7.51. The van der Waals surface area contributed by atoms with E-state index in [0.717, 1.165) is 5.69 Å². The summed E-state index contributed by atoms with van der Waals surface area (Å²) in [4.78, 5) is 29.7. The van der Waals surface area contributed by atoms with Crippen molar-refractivity contribution in [3.05, 3.63) is 40.0 Å². The summed E-state index contributed by atoms with van der Waals surface area (Å²) in [6, 6.07) is 4.67. The lowest BCUT2D eigenvalue weighted by Crippen LogP contribution is -2.28. The van der Waals surface area contributed by atoms with E-state index in [-0.39, 0.29) is 11.9 Å². The van der Waals surface area contributed by atoms with Crippen LogP contribution >= 0.6 is 22.9 Å². The summed E-state index contributed by atoms with van der Waals surface area (Å²) in [7, 11) is 0. The van der Waals surface area contributed by atoms with Gasteiger partial charge in [0.1, 0.15) is 5.00 Å². The van der Waals surface area contributed by atoms with Crippen molar-refractivity contribution in [2.24, 2.45) is 0 Å². The third-order valence-electron chi connectivity index (χ3n) is 3.33. The molecule has 114 valence electrons. The first-order valence-electron chi connectivity index (χ1n) is 6.62. The SMILES string of the molecule is Cc1ncsc1NC(=O)c1ccc(Cl)c(N2CCNC2=O)c1. The molecule has 0 radical (unpaired) electrons. The van der Waals surface area contributed by atoms with Gasteiger partial charge >= 0.3 is 6.03 Å². The van der Waals surface area contributed by atoms with Gasteiger partial charge in [0, 0.05) is 18.7 Å². The first kappa shape index (κ1) is 14.8. The lowest BCUT2D eigenvalue weighted by atomic mass is 10.1. The normalized spacial score (nSPS) is 14.1. The molecule has 2 N–H and O–H groups in total. The summed E-state index contributed by atoms with van der Waals surface area (Å²) in [5, 5.41) is 6.66. The number of hydrogen-bond acceptors (Lipinski definition) is 4. The maximum absolute atomic E-state index is 12.3. The van der Waals surface area contributed by atoms with E-state index in [4.69, 9.17) is 11.6 Å². The van der Waals surface area contributed by atoms with Crippen LogP contribution in [0.25, 0.3) is 0 Å². The maximum atomic E-state index is 12.3. The van der Waals surface area contributed by atoms with Crippen LogP contribution in [0.3, 0.4) is 0 Å². The van der Waals surface area contributed by atoms with Crippen molar-refractivity contribution >= 4 is 45.6 Å². The van der Waals surface area contributed by atoms with Crippen LogP contribution < -0.4 is 15.5 Å². The van der Waals surface area contributed by atoms with Crippen LogP contribution in [0.4, 0.5) is 15.5 Å². The molecule has 6 nitrogen and oxygen atoms in total.